The predicted octanol–water partition coefficient (Wildman–Crippen LogP) is 3.52. The van der Waals surface area contributed by atoms with Gasteiger partial charge in [-0.05, 0) is 53.6 Å². The van der Waals surface area contributed by atoms with Gasteiger partial charge in [-0.1, -0.05) is 30.3 Å². The van der Waals surface area contributed by atoms with E-state index in [1.54, 1.807) is 0 Å². The van der Waals surface area contributed by atoms with Gasteiger partial charge in [0.15, 0.2) is 0 Å². The summed E-state index contributed by atoms with van der Waals surface area (Å²) >= 11 is 0. The third-order valence-corrected chi connectivity index (χ3v) is 6.15. The highest BCUT2D eigenvalue weighted by Gasteiger charge is 2.61. The molecule has 0 aliphatic heterocycles. The lowest BCUT2D eigenvalue weighted by atomic mass is 9.95. The molecule has 1 N–H and O–H groups in total. The van der Waals surface area contributed by atoms with E-state index in [9.17, 15) is 9.90 Å². The van der Waals surface area contributed by atoms with E-state index in [4.69, 9.17) is 4.74 Å². The van der Waals surface area contributed by atoms with Crippen LogP contribution in [-0.2, 0) is 29.5 Å². The second kappa shape index (κ2) is 4.85. The number of fused-ring (bicyclic) bond motifs is 3. The second-order valence-corrected chi connectivity index (χ2v) is 7.49. The first-order chi connectivity index (χ1) is 11.7. The zero-order chi connectivity index (χ0) is 16.3. The molecule has 0 radical (unpaired) electrons. The molecule has 0 bridgehead atoms. The molecule has 1 fully saturated rings. The molecule has 3 nitrogen and oxygen atoms in total. The topological polar surface area (TPSA) is 46.5 Å². The average Bonchev–Trinajstić information content (AvgIpc) is 3.01. The molecule has 3 aliphatic rings. The van der Waals surface area contributed by atoms with Gasteiger partial charge in [-0.15, -0.1) is 0 Å². The first-order valence-corrected chi connectivity index (χ1v) is 8.75. The van der Waals surface area contributed by atoms with Crippen LogP contribution in [0.5, 0.6) is 5.75 Å². The van der Waals surface area contributed by atoms with Crippen molar-refractivity contribution in [2.24, 2.45) is 5.92 Å². The van der Waals surface area contributed by atoms with Crippen LogP contribution >= 0.6 is 0 Å². The molecular weight excluding hydrogens is 300 g/mol. The SMILES string of the molecule is O=C(O)[C@@H]1C[C@]12CCc1ccc(OC3Cc4ccccc4C3)cc12. The maximum Gasteiger partial charge on any atom is 0.307 e. The Hall–Kier alpha value is -2.29. The third-order valence-electron chi connectivity index (χ3n) is 6.15. The Morgan fingerprint density at radius 3 is 2.50 bits per heavy atom. The number of carboxylic acid groups (broad SMARTS) is 1. The van der Waals surface area contributed by atoms with Gasteiger partial charge in [-0.2, -0.15) is 0 Å². The molecule has 3 heteroatoms. The summed E-state index contributed by atoms with van der Waals surface area (Å²) in [7, 11) is 0. The number of rotatable bonds is 3. The number of aryl methyl sites for hydroxylation is 1. The summed E-state index contributed by atoms with van der Waals surface area (Å²) in [6, 6.07) is 14.8. The van der Waals surface area contributed by atoms with Crippen LogP contribution in [0, 0.1) is 5.92 Å². The Morgan fingerprint density at radius 1 is 1.08 bits per heavy atom. The standard InChI is InChI=1S/C21H20O3/c22-20(23)19-12-21(19)8-7-13-5-6-16(11-18(13)21)24-17-9-14-3-1-2-4-15(14)10-17/h1-6,11,17,19H,7-10,12H2,(H,22,23)/t19-,21-/m0/s1. The molecule has 2 aromatic rings. The van der Waals surface area contributed by atoms with Gasteiger partial charge in [0.1, 0.15) is 11.9 Å². The minimum Gasteiger partial charge on any atom is -0.490 e. The number of carboxylic acids is 1. The van der Waals surface area contributed by atoms with Gasteiger partial charge in [-0.25, -0.2) is 0 Å². The summed E-state index contributed by atoms with van der Waals surface area (Å²) in [5, 5.41) is 9.37. The van der Waals surface area contributed by atoms with E-state index in [2.05, 4.69) is 42.5 Å². The van der Waals surface area contributed by atoms with Gasteiger partial charge in [0.05, 0.1) is 5.92 Å². The molecule has 0 heterocycles. The van der Waals surface area contributed by atoms with Gasteiger partial charge in [-0.3, -0.25) is 4.79 Å². The summed E-state index contributed by atoms with van der Waals surface area (Å²) in [6.45, 7) is 0. The molecular formula is C21H20O3. The van der Waals surface area contributed by atoms with Gasteiger partial charge in [0.25, 0.3) is 0 Å². The van der Waals surface area contributed by atoms with Crippen molar-refractivity contribution in [1.82, 2.24) is 0 Å². The number of ether oxygens (including phenoxy) is 1. The van der Waals surface area contributed by atoms with E-state index in [1.807, 2.05) is 0 Å². The van der Waals surface area contributed by atoms with Crippen LogP contribution in [0.1, 0.15) is 35.1 Å². The maximum absolute atomic E-state index is 11.4. The molecule has 2 aromatic carbocycles. The van der Waals surface area contributed by atoms with Crippen LogP contribution in [0.2, 0.25) is 0 Å². The summed E-state index contributed by atoms with van der Waals surface area (Å²) < 4.78 is 6.25. The quantitative estimate of drug-likeness (QED) is 0.941. The van der Waals surface area contributed by atoms with E-state index < -0.39 is 5.97 Å². The summed E-state index contributed by atoms with van der Waals surface area (Å²) in [6.07, 6.45) is 4.85. The van der Waals surface area contributed by atoms with Crippen LogP contribution in [0.15, 0.2) is 42.5 Å². The van der Waals surface area contributed by atoms with E-state index >= 15 is 0 Å². The lowest BCUT2D eigenvalue weighted by Gasteiger charge is -2.16. The molecule has 3 aliphatic carbocycles. The molecule has 1 saturated carbocycles. The van der Waals surface area contributed by atoms with Gasteiger partial charge >= 0.3 is 5.97 Å². The predicted molar refractivity (Wildman–Crippen MR) is 90.4 cm³/mol. The van der Waals surface area contributed by atoms with Crippen LogP contribution in [-0.4, -0.2) is 17.2 Å². The number of aliphatic carboxylic acids is 1. The average molecular weight is 320 g/mol. The minimum absolute atomic E-state index is 0.112. The first-order valence-electron chi connectivity index (χ1n) is 8.75. The van der Waals surface area contributed by atoms with Crippen molar-refractivity contribution in [3.63, 3.8) is 0 Å². The zero-order valence-electron chi connectivity index (χ0n) is 13.5. The molecule has 2 atom stereocenters. The van der Waals surface area contributed by atoms with Crippen molar-refractivity contribution in [3.05, 3.63) is 64.7 Å². The fourth-order valence-corrected chi connectivity index (χ4v) is 4.80. The van der Waals surface area contributed by atoms with Crippen molar-refractivity contribution >= 4 is 5.97 Å². The molecule has 122 valence electrons. The third kappa shape index (κ3) is 2.00. The maximum atomic E-state index is 11.4. The van der Waals surface area contributed by atoms with Crippen LogP contribution in [0.4, 0.5) is 0 Å². The molecule has 0 aromatic heterocycles. The molecule has 1 spiro atoms. The first kappa shape index (κ1) is 14.1. The van der Waals surface area contributed by atoms with Crippen molar-refractivity contribution in [2.75, 3.05) is 0 Å². The van der Waals surface area contributed by atoms with Gasteiger partial charge < -0.3 is 9.84 Å². The fraction of sp³-hybridized carbons (Fsp3) is 0.381. The van der Waals surface area contributed by atoms with Crippen molar-refractivity contribution < 1.29 is 14.6 Å². The van der Waals surface area contributed by atoms with Crippen LogP contribution < -0.4 is 4.74 Å². The molecule has 0 saturated heterocycles. The Kier molecular flexibility index (Phi) is 2.85. The molecule has 5 rings (SSSR count). The molecule has 0 amide bonds. The number of hydrogen-bond donors (Lipinski definition) is 1. The normalized spacial score (nSPS) is 27.1. The fourth-order valence-electron chi connectivity index (χ4n) is 4.80. The highest BCUT2D eigenvalue weighted by Crippen LogP contribution is 2.62. The Morgan fingerprint density at radius 2 is 1.83 bits per heavy atom. The van der Waals surface area contributed by atoms with Crippen LogP contribution in [0.3, 0.4) is 0 Å². The number of carbonyl (C=O) groups is 1. The Labute approximate surface area is 141 Å². The highest BCUT2D eigenvalue weighted by atomic mass is 16.5. The molecule has 24 heavy (non-hydrogen) atoms. The summed E-state index contributed by atoms with van der Waals surface area (Å²) in [4.78, 5) is 11.4. The monoisotopic (exact) mass is 320 g/mol. The number of hydrogen-bond acceptors (Lipinski definition) is 2. The zero-order valence-corrected chi connectivity index (χ0v) is 13.5. The number of benzene rings is 2. The van der Waals surface area contributed by atoms with Crippen molar-refractivity contribution in [2.45, 2.75) is 43.6 Å². The van der Waals surface area contributed by atoms with E-state index in [1.165, 1.54) is 22.3 Å². The van der Waals surface area contributed by atoms with Crippen molar-refractivity contribution in [3.8, 4) is 5.75 Å². The van der Waals surface area contributed by atoms with E-state index in [0.29, 0.717) is 0 Å². The lowest BCUT2D eigenvalue weighted by Crippen LogP contribution is -2.17. The van der Waals surface area contributed by atoms with E-state index in [-0.39, 0.29) is 17.4 Å². The van der Waals surface area contributed by atoms with Crippen LogP contribution in [0.25, 0.3) is 0 Å². The van der Waals surface area contributed by atoms with Crippen molar-refractivity contribution in [1.29, 1.82) is 0 Å². The van der Waals surface area contributed by atoms with E-state index in [0.717, 1.165) is 37.9 Å². The summed E-state index contributed by atoms with van der Waals surface area (Å²) in [5.74, 6) is 0.0361. The Bertz CT molecular complexity index is 816. The largest absolute Gasteiger partial charge is 0.490 e. The smallest absolute Gasteiger partial charge is 0.307 e. The molecule has 0 unspecified atom stereocenters. The minimum atomic E-state index is -0.652. The summed E-state index contributed by atoms with van der Waals surface area (Å²) in [5.41, 5.74) is 5.18. The highest BCUT2D eigenvalue weighted by molar-refractivity contribution is 5.78. The second-order valence-electron chi connectivity index (χ2n) is 7.49. The Balaban J connectivity index is 1.38. The lowest BCUT2D eigenvalue weighted by molar-refractivity contribution is -0.139. The van der Waals surface area contributed by atoms with Gasteiger partial charge in [0.2, 0.25) is 0 Å². The van der Waals surface area contributed by atoms with Gasteiger partial charge in [0, 0.05) is 18.3 Å².